The van der Waals surface area contributed by atoms with Crippen molar-refractivity contribution in [1.29, 1.82) is 0 Å². The van der Waals surface area contributed by atoms with E-state index in [1.54, 1.807) is 11.3 Å². The quantitative estimate of drug-likeness (QED) is 0.903. The van der Waals surface area contributed by atoms with Crippen molar-refractivity contribution in [1.82, 2.24) is 4.90 Å². The van der Waals surface area contributed by atoms with Crippen LogP contribution in [0.1, 0.15) is 56.0 Å². The van der Waals surface area contributed by atoms with Gasteiger partial charge in [0.15, 0.2) is 0 Å². The summed E-state index contributed by atoms with van der Waals surface area (Å²) >= 11 is 1.80. The fraction of sp³-hybridized carbons (Fsp3) is 0.733. The molecule has 1 unspecified atom stereocenters. The number of aryl methyl sites for hydroxylation is 1. The molecule has 1 aliphatic rings. The fourth-order valence-electron chi connectivity index (χ4n) is 2.88. The Bertz CT molecular complexity index is 376. The molecule has 2 N–H and O–H groups in total. The van der Waals surface area contributed by atoms with Gasteiger partial charge >= 0.3 is 0 Å². The lowest BCUT2D eigenvalue weighted by Crippen LogP contribution is -2.51. The monoisotopic (exact) mass is 266 g/mol. The molecule has 18 heavy (non-hydrogen) atoms. The van der Waals surface area contributed by atoms with Crippen LogP contribution in [0.25, 0.3) is 0 Å². The van der Waals surface area contributed by atoms with Gasteiger partial charge in [0.1, 0.15) is 0 Å². The zero-order valence-corrected chi connectivity index (χ0v) is 12.7. The third kappa shape index (κ3) is 2.95. The Labute approximate surface area is 115 Å². The number of likely N-dealkylation sites (tertiary alicyclic amines) is 1. The van der Waals surface area contributed by atoms with E-state index in [0.29, 0.717) is 0 Å². The predicted molar refractivity (Wildman–Crippen MR) is 80.1 cm³/mol. The molecule has 0 spiro atoms. The molecule has 102 valence electrons. The smallest absolute Gasteiger partial charge is 0.0485 e. The van der Waals surface area contributed by atoms with Crippen LogP contribution in [0.15, 0.2) is 11.4 Å². The second-order valence-electron chi connectivity index (χ2n) is 6.02. The van der Waals surface area contributed by atoms with Gasteiger partial charge in [0.2, 0.25) is 0 Å². The average molecular weight is 266 g/mol. The average Bonchev–Trinajstić information content (AvgIpc) is 2.61. The molecule has 1 aromatic heterocycles. The van der Waals surface area contributed by atoms with Gasteiger partial charge in [-0.15, -0.1) is 11.3 Å². The van der Waals surface area contributed by atoms with Gasteiger partial charge in [-0.25, -0.2) is 0 Å². The van der Waals surface area contributed by atoms with Crippen molar-refractivity contribution in [3.05, 3.63) is 21.9 Å². The lowest BCUT2D eigenvalue weighted by atomic mass is 9.88. The van der Waals surface area contributed by atoms with Gasteiger partial charge in [-0.3, -0.25) is 4.90 Å². The van der Waals surface area contributed by atoms with E-state index in [0.717, 1.165) is 0 Å². The Kier molecular flexibility index (Phi) is 4.46. The van der Waals surface area contributed by atoms with Crippen LogP contribution in [0, 0.1) is 6.92 Å². The first-order chi connectivity index (χ1) is 8.51. The van der Waals surface area contributed by atoms with Gasteiger partial charge in [-0.05, 0) is 63.7 Å². The lowest BCUT2D eigenvalue weighted by molar-refractivity contribution is 0.0981. The number of thiophene rings is 1. The summed E-state index contributed by atoms with van der Waals surface area (Å²) in [6, 6.07) is 2.36. The highest BCUT2D eigenvalue weighted by Crippen LogP contribution is 2.32. The Morgan fingerprint density at radius 1 is 1.22 bits per heavy atom. The number of hydrogen-bond donors (Lipinski definition) is 1. The first kappa shape index (κ1) is 14.0. The molecule has 1 aliphatic heterocycles. The van der Waals surface area contributed by atoms with Crippen molar-refractivity contribution in [2.24, 2.45) is 5.73 Å². The SMILES string of the molecule is Cc1cc(C(N)C(C)(C)N2CCCCCC2)cs1. The third-order valence-corrected chi connectivity index (χ3v) is 5.17. The first-order valence-electron chi connectivity index (χ1n) is 7.07. The van der Waals surface area contributed by atoms with E-state index in [-0.39, 0.29) is 11.6 Å². The molecule has 2 heterocycles. The van der Waals surface area contributed by atoms with Gasteiger partial charge in [0.05, 0.1) is 0 Å². The fourth-order valence-corrected chi connectivity index (χ4v) is 3.62. The third-order valence-electron chi connectivity index (χ3n) is 4.29. The zero-order chi connectivity index (χ0) is 13.2. The van der Waals surface area contributed by atoms with E-state index in [1.165, 1.54) is 49.2 Å². The van der Waals surface area contributed by atoms with Crippen LogP contribution in [0.3, 0.4) is 0 Å². The van der Waals surface area contributed by atoms with Crippen LogP contribution < -0.4 is 5.73 Å². The molecule has 2 nitrogen and oxygen atoms in total. The molecular formula is C15H26N2S. The minimum Gasteiger partial charge on any atom is -0.322 e. The van der Waals surface area contributed by atoms with E-state index in [2.05, 4.69) is 37.1 Å². The summed E-state index contributed by atoms with van der Waals surface area (Å²) in [4.78, 5) is 3.95. The zero-order valence-electron chi connectivity index (χ0n) is 11.9. The van der Waals surface area contributed by atoms with Crippen LogP contribution in [0.2, 0.25) is 0 Å². The molecule has 0 amide bonds. The summed E-state index contributed by atoms with van der Waals surface area (Å²) in [6.45, 7) is 9.15. The molecule has 1 saturated heterocycles. The number of nitrogens with zero attached hydrogens (tertiary/aromatic N) is 1. The van der Waals surface area contributed by atoms with Crippen molar-refractivity contribution in [2.45, 2.75) is 58.0 Å². The van der Waals surface area contributed by atoms with Crippen molar-refractivity contribution >= 4 is 11.3 Å². The van der Waals surface area contributed by atoms with E-state index in [4.69, 9.17) is 5.73 Å². The summed E-state index contributed by atoms with van der Waals surface area (Å²) in [5.41, 5.74) is 7.88. The van der Waals surface area contributed by atoms with Gasteiger partial charge in [-0.1, -0.05) is 12.8 Å². The Balaban J connectivity index is 2.13. The Morgan fingerprint density at radius 3 is 2.33 bits per heavy atom. The maximum absolute atomic E-state index is 6.53. The van der Waals surface area contributed by atoms with E-state index in [9.17, 15) is 0 Å². The van der Waals surface area contributed by atoms with Gasteiger partial charge < -0.3 is 5.73 Å². The van der Waals surface area contributed by atoms with Crippen LogP contribution >= 0.6 is 11.3 Å². The predicted octanol–water partition coefficient (Wildman–Crippen LogP) is 3.71. The second-order valence-corrected chi connectivity index (χ2v) is 7.14. The number of hydrogen-bond acceptors (Lipinski definition) is 3. The molecule has 0 bridgehead atoms. The van der Waals surface area contributed by atoms with Crippen molar-refractivity contribution in [3.8, 4) is 0 Å². The molecule has 1 atom stereocenters. The maximum atomic E-state index is 6.53. The number of rotatable bonds is 3. The minimum atomic E-state index is 0.0534. The molecule has 3 heteroatoms. The van der Waals surface area contributed by atoms with Gasteiger partial charge in [0.25, 0.3) is 0 Å². The summed E-state index contributed by atoms with van der Waals surface area (Å²) in [7, 11) is 0. The van der Waals surface area contributed by atoms with Gasteiger partial charge in [0, 0.05) is 16.5 Å². The summed E-state index contributed by atoms with van der Waals surface area (Å²) < 4.78 is 0. The Hall–Kier alpha value is -0.380. The van der Waals surface area contributed by atoms with Crippen molar-refractivity contribution < 1.29 is 0 Å². The summed E-state index contributed by atoms with van der Waals surface area (Å²) in [5, 5.41) is 2.22. The first-order valence-corrected chi connectivity index (χ1v) is 7.95. The lowest BCUT2D eigenvalue weighted by Gasteiger charge is -2.42. The van der Waals surface area contributed by atoms with Crippen LogP contribution in [-0.2, 0) is 0 Å². The van der Waals surface area contributed by atoms with E-state index < -0.39 is 0 Å². The van der Waals surface area contributed by atoms with Crippen LogP contribution in [0.4, 0.5) is 0 Å². The molecule has 0 aromatic carbocycles. The van der Waals surface area contributed by atoms with Crippen molar-refractivity contribution in [3.63, 3.8) is 0 Å². The van der Waals surface area contributed by atoms with Gasteiger partial charge in [-0.2, -0.15) is 0 Å². The highest BCUT2D eigenvalue weighted by atomic mass is 32.1. The van der Waals surface area contributed by atoms with E-state index in [1.807, 2.05) is 0 Å². The summed E-state index contributed by atoms with van der Waals surface area (Å²) in [6.07, 6.45) is 5.39. The minimum absolute atomic E-state index is 0.0534. The maximum Gasteiger partial charge on any atom is 0.0485 e. The van der Waals surface area contributed by atoms with Crippen molar-refractivity contribution in [2.75, 3.05) is 13.1 Å². The van der Waals surface area contributed by atoms with Crippen LogP contribution in [-0.4, -0.2) is 23.5 Å². The molecule has 1 aromatic rings. The highest BCUT2D eigenvalue weighted by molar-refractivity contribution is 7.10. The topological polar surface area (TPSA) is 29.3 Å². The molecule has 2 rings (SSSR count). The van der Waals surface area contributed by atoms with E-state index >= 15 is 0 Å². The second kappa shape index (κ2) is 5.72. The van der Waals surface area contributed by atoms with Crippen LogP contribution in [0.5, 0.6) is 0 Å². The number of nitrogens with two attached hydrogens (primary N) is 1. The Morgan fingerprint density at radius 2 is 1.83 bits per heavy atom. The summed E-state index contributed by atoms with van der Waals surface area (Å²) in [5.74, 6) is 0. The largest absolute Gasteiger partial charge is 0.322 e. The standard InChI is InChI=1S/C15H26N2S/c1-12-10-13(11-18-12)14(16)15(2,3)17-8-6-4-5-7-9-17/h10-11,14H,4-9,16H2,1-3H3. The molecule has 1 fully saturated rings. The molecule has 0 aliphatic carbocycles. The normalized spacial score (nSPS) is 20.7. The molecule has 0 radical (unpaired) electrons. The highest BCUT2D eigenvalue weighted by Gasteiger charge is 2.34. The molecule has 0 saturated carbocycles. The molecular weight excluding hydrogens is 240 g/mol.